The monoisotopic (exact) mass is 260 g/mol. The number of hydrogen-bond donors (Lipinski definition) is 1. The third-order valence-electron chi connectivity index (χ3n) is 2.46. The van der Waals surface area contributed by atoms with Gasteiger partial charge in [0.25, 0.3) is 0 Å². The second kappa shape index (κ2) is 5.39. The van der Waals surface area contributed by atoms with Gasteiger partial charge in [0.2, 0.25) is 5.91 Å². The molecule has 0 fully saturated rings. The summed E-state index contributed by atoms with van der Waals surface area (Å²) in [5.41, 5.74) is 5.90. The number of rotatable bonds is 3. The van der Waals surface area contributed by atoms with Crippen LogP contribution in [0.3, 0.4) is 0 Å². The topological polar surface area (TPSA) is 55.5 Å². The van der Waals surface area contributed by atoms with Gasteiger partial charge in [-0.15, -0.1) is 0 Å². The van der Waals surface area contributed by atoms with Crippen LogP contribution < -0.4 is 5.73 Å². The lowest BCUT2D eigenvalue weighted by molar-refractivity contribution is 0.100. The predicted molar refractivity (Wildman–Crippen MR) is 68.6 cm³/mol. The van der Waals surface area contributed by atoms with E-state index in [2.05, 4.69) is 4.99 Å². The number of aliphatic imine (C=N–C) groups is 1. The lowest BCUT2D eigenvalue weighted by Gasteiger charge is -1.99. The molecule has 3 nitrogen and oxygen atoms in total. The smallest absolute Gasteiger partial charge is 0.248 e. The zero-order valence-electron chi connectivity index (χ0n) is 9.81. The molecule has 5 heteroatoms. The van der Waals surface area contributed by atoms with Crippen LogP contribution in [0.5, 0.6) is 0 Å². The van der Waals surface area contributed by atoms with Crippen LogP contribution >= 0.6 is 0 Å². The van der Waals surface area contributed by atoms with Gasteiger partial charge in [-0.25, -0.2) is 8.78 Å². The number of carbonyl (C=O) groups excluding carboxylic acids is 1. The molecule has 0 aliphatic rings. The minimum absolute atomic E-state index is 0.0319. The molecule has 0 saturated heterocycles. The van der Waals surface area contributed by atoms with Crippen molar-refractivity contribution in [3.63, 3.8) is 0 Å². The lowest BCUT2D eigenvalue weighted by Crippen LogP contribution is -2.10. The summed E-state index contributed by atoms with van der Waals surface area (Å²) in [6, 6.07) is 10.1. The number of benzene rings is 2. The molecule has 0 heterocycles. The molecule has 0 saturated carbocycles. The van der Waals surface area contributed by atoms with Crippen LogP contribution in [0.4, 0.5) is 14.5 Å². The molecule has 19 heavy (non-hydrogen) atoms. The summed E-state index contributed by atoms with van der Waals surface area (Å²) in [5, 5.41) is 0. The second-order valence-electron chi connectivity index (χ2n) is 3.82. The van der Waals surface area contributed by atoms with E-state index in [0.717, 1.165) is 6.07 Å². The van der Waals surface area contributed by atoms with E-state index in [9.17, 15) is 13.6 Å². The quantitative estimate of drug-likeness (QED) is 0.847. The number of halogens is 2. The van der Waals surface area contributed by atoms with Crippen molar-refractivity contribution in [2.75, 3.05) is 0 Å². The van der Waals surface area contributed by atoms with E-state index in [-0.39, 0.29) is 5.56 Å². The summed E-state index contributed by atoms with van der Waals surface area (Å²) in [5.74, 6) is -2.47. The number of nitrogens with zero attached hydrogens (tertiary/aromatic N) is 1. The first kappa shape index (κ1) is 12.9. The molecule has 0 atom stereocenters. The Balaban J connectivity index is 2.30. The van der Waals surface area contributed by atoms with Crippen LogP contribution in [0.15, 0.2) is 47.5 Å². The van der Waals surface area contributed by atoms with Crippen molar-refractivity contribution in [2.45, 2.75) is 0 Å². The molecule has 2 N–H and O–H groups in total. The minimum atomic E-state index is -0.961. The third-order valence-corrected chi connectivity index (χ3v) is 2.46. The summed E-state index contributed by atoms with van der Waals surface area (Å²) in [6.07, 6.45) is 1.19. The summed E-state index contributed by atoms with van der Waals surface area (Å²) in [6.45, 7) is 0. The van der Waals surface area contributed by atoms with Crippen molar-refractivity contribution in [3.8, 4) is 0 Å². The maximum atomic E-state index is 13.4. The standard InChI is InChI=1S/C14H10F2N2O/c15-12-6-2-4-10(13(12)16)8-18-11-5-1-3-9(7-11)14(17)19/h1-8H,(H2,17,19). The Kier molecular flexibility index (Phi) is 3.66. The van der Waals surface area contributed by atoms with E-state index in [1.807, 2.05) is 0 Å². The average molecular weight is 260 g/mol. The molecule has 0 bridgehead atoms. The van der Waals surface area contributed by atoms with Crippen molar-refractivity contribution >= 4 is 17.8 Å². The highest BCUT2D eigenvalue weighted by atomic mass is 19.2. The van der Waals surface area contributed by atoms with E-state index in [0.29, 0.717) is 11.3 Å². The van der Waals surface area contributed by atoms with Crippen molar-refractivity contribution in [2.24, 2.45) is 10.7 Å². The molecule has 2 aromatic carbocycles. The number of primary amides is 1. The average Bonchev–Trinajstić information content (AvgIpc) is 2.41. The van der Waals surface area contributed by atoms with Gasteiger partial charge in [0.15, 0.2) is 11.6 Å². The van der Waals surface area contributed by atoms with Gasteiger partial charge in [0, 0.05) is 17.3 Å². The molecular weight excluding hydrogens is 250 g/mol. The van der Waals surface area contributed by atoms with Gasteiger partial charge in [-0.3, -0.25) is 9.79 Å². The van der Waals surface area contributed by atoms with Gasteiger partial charge in [-0.05, 0) is 24.3 Å². The molecule has 0 radical (unpaired) electrons. The Labute approximate surface area is 108 Å². The largest absolute Gasteiger partial charge is 0.366 e. The van der Waals surface area contributed by atoms with E-state index in [4.69, 9.17) is 5.73 Å². The molecule has 2 aromatic rings. The predicted octanol–water partition coefficient (Wildman–Crippen LogP) is 2.81. The molecule has 2 rings (SSSR count). The minimum Gasteiger partial charge on any atom is -0.366 e. The zero-order chi connectivity index (χ0) is 13.8. The maximum absolute atomic E-state index is 13.4. The Hall–Kier alpha value is -2.56. The number of hydrogen-bond acceptors (Lipinski definition) is 2. The molecule has 1 amide bonds. The number of amides is 1. The van der Waals surface area contributed by atoms with Crippen LogP contribution in [0.2, 0.25) is 0 Å². The highest BCUT2D eigenvalue weighted by Crippen LogP contribution is 2.15. The molecule has 0 aromatic heterocycles. The fraction of sp³-hybridized carbons (Fsp3) is 0. The van der Waals surface area contributed by atoms with Gasteiger partial charge in [-0.2, -0.15) is 0 Å². The first-order chi connectivity index (χ1) is 9.08. The Bertz CT molecular complexity index is 654. The van der Waals surface area contributed by atoms with Gasteiger partial charge >= 0.3 is 0 Å². The summed E-state index contributed by atoms with van der Waals surface area (Å²) < 4.78 is 26.3. The number of nitrogens with two attached hydrogens (primary N) is 1. The molecule has 0 unspecified atom stereocenters. The van der Waals surface area contributed by atoms with Crippen LogP contribution in [0.1, 0.15) is 15.9 Å². The highest BCUT2D eigenvalue weighted by Gasteiger charge is 2.05. The van der Waals surface area contributed by atoms with Crippen LogP contribution in [-0.4, -0.2) is 12.1 Å². The van der Waals surface area contributed by atoms with Gasteiger partial charge in [-0.1, -0.05) is 18.2 Å². The van der Waals surface area contributed by atoms with Crippen LogP contribution in [-0.2, 0) is 0 Å². The fourth-order valence-corrected chi connectivity index (χ4v) is 1.50. The Morgan fingerprint density at radius 1 is 1.16 bits per heavy atom. The molecule has 0 spiro atoms. The highest BCUT2D eigenvalue weighted by molar-refractivity contribution is 5.94. The molecule has 96 valence electrons. The molecule has 0 aliphatic heterocycles. The zero-order valence-corrected chi connectivity index (χ0v) is 9.81. The van der Waals surface area contributed by atoms with Crippen LogP contribution in [0.25, 0.3) is 0 Å². The maximum Gasteiger partial charge on any atom is 0.248 e. The van der Waals surface area contributed by atoms with E-state index < -0.39 is 17.5 Å². The molecule has 0 aliphatic carbocycles. The van der Waals surface area contributed by atoms with E-state index in [1.165, 1.54) is 24.4 Å². The van der Waals surface area contributed by atoms with Crippen LogP contribution in [0, 0.1) is 11.6 Å². The van der Waals surface area contributed by atoms with Crippen molar-refractivity contribution in [3.05, 3.63) is 65.2 Å². The summed E-state index contributed by atoms with van der Waals surface area (Å²) in [4.78, 5) is 15.0. The van der Waals surface area contributed by atoms with Gasteiger partial charge in [0.1, 0.15) is 0 Å². The fourth-order valence-electron chi connectivity index (χ4n) is 1.50. The normalized spacial score (nSPS) is 10.8. The molecular formula is C14H10F2N2O. The first-order valence-corrected chi connectivity index (χ1v) is 5.46. The second-order valence-corrected chi connectivity index (χ2v) is 3.82. The van der Waals surface area contributed by atoms with Crippen molar-refractivity contribution in [1.29, 1.82) is 0 Å². The first-order valence-electron chi connectivity index (χ1n) is 5.46. The van der Waals surface area contributed by atoms with Gasteiger partial charge < -0.3 is 5.73 Å². The Morgan fingerprint density at radius 2 is 1.89 bits per heavy atom. The lowest BCUT2D eigenvalue weighted by atomic mass is 10.2. The SMILES string of the molecule is NC(=O)c1cccc(N=Cc2cccc(F)c2F)c1. The van der Waals surface area contributed by atoms with Crippen molar-refractivity contribution < 1.29 is 13.6 Å². The number of carbonyl (C=O) groups is 1. The Morgan fingerprint density at radius 3 is 2.63 bits per heavy atom. The summed E-state index contributed by atoms with van der Waals surface area (Å²) >= 11 is 0. The van der Waals surface area contributed by atoms with E-state index in [1.54, 1.807) is 18.2 Å². The third kappa shape index (κ3) is 3.01. The van der Waals surface area contributed by atoms with E-state index >= 15 is 0 Å². The van der Waals surface area contributed by atoms with Gasteiger partial charge in [0.05, 0.1) is 5.69 Å². The summed E-state index contributed by atoms with van der Waals surface area (Å²) in [7, 11) is 0. The van der Waals surface area contributed by atoms with Crippen molar-refractivity contribution in [1.82, 2.24) is 0 Å².